The fourth-order valence-electron chi connectivity index (χ4n) is 2.03. The molecule has 0 radical (unpaired) electrons. The first-order valence-corrected chi connectivity index (χ1v) is 7.66. The average molecular weight is 399 g/mol. The molecule has 0 bridgehead atoms. The van der Waals surface area contributed by atoms with Crippen molar-refractivity contribution in [3.63, 3.8) is 0 Å². The number of carbonyl (C=O) groups is 2. The summed E-state index contributed by atoms with van der Waals surface area (Å²) in [5.41, 5.74) is 0.759. The molecule has 1 heterocycles. The second-order valence-corrected chi connectivity index (χ2v) is 5.70. The van der Waals surface area contributed by atoms with Crippen LogP contribution in [0, 0.1) is 0 Å². The van der Waals surface area contributed by atoms with E-state index in [0.717, 1.165) is 0 Å². The molecular weight excluding hydrogens is 386 g/mol. The van der Waals surface area contributed by atoms with Crippen LogP contribution in [0.25, 0.3) is 0 Å². The molecule has 0 spiro atoms. The summed E-state index contributed by atoms with van der Waals surface area (Å²) in [4.78, 5) is 25.9. The molecule has 0 fully saturated rings. The Morgan fingerprint density at radius 2 is 1.83 bits per heavy atom. The van der Waals surface area contributed by atoms with Gasteiger partial charge in [-0.2, -0.15) is 0 Å². The smallest absolute Gasteiger partial charge is 0.355 e. The lowest BCUT2D eigenvalue weighted by molar-refractivity contribution is -0.139. The van der Waals surface area contributed by atoms with Crippen molar-refractivity contribution in [3.8, 4) is 0 Å². The van der Waals surface area contributed by atoms with Gasteiger partial charge in [-0.1, -0.05) is 17.7 Å². The Kier molecular flexibility index (Phi) is 5.63. The zero-order chi connectivity index (χ0) is 17.0. The van der Waals surface area contributed by atoms with E-state index in [1.54, 1.807) is 41.5 Å². The van der Waals surface area contributed by atoms with E-state index in [1.807, 2.05) is 0 Å². The van der Waals surface area contributed by atoms with Gasteiger partial charge in [-0.15, -0.1) is 0 Å². The predicted octanol–water partition coefficient (Wildman–Crippen LogP) is 3.59. The van der Waals surface area contributed by atoms with Crippen LogP contribution < -0.4 is 4.90 Å². The van der Waals surface area contributed by atoms with Crippen molar-refractivity contribution in [1.82, 2.24) is 0 Å². The molecule has 7 heteroatoms. The molecule has 0 atom stereocenters. The van der Waals surface area contributed by atoms with Crippen LogP contribution >= 0.6 is 27.5 Å². The summed E-state index contributed by atoms with van der Waals surface area (Å²) in [6.07, 6.45) is 6.48. The molecule has 0 unspecified atom stereocenters. The molecule has 0 saturated carbocycles. The number of methoxy groups -OCH3 is 2. The summed E-state index contributed by atoms with van der Waals surface area (Å²) in [6.45, 7) is 0. The molecule has 1 aliphatic heterocycles. The number of hydrogen-bond acceptors (Lipinski definition) is 5. The van der Waals surface area contributed by atoms with E-state index < -0.39 is 11.9 Å². The molecule has 2 rings (SSSR count). The van der Waals surface area contributed by atoms with Gasteiger partial charge in [0.1, 0.15) is 5.70 Å². The summed E-state index contributed by atoms with van der Waals surface area (Å²) in [7, 11) is 2.50. The first kappa shape index (κ1) is 17.3. The van der Waals surface area contributed by atoms with Gasteiger partial charge in [0.15, 0.2) is 0 Å². The average Bonchev–Trinajstić information content (AvgIpc) is 2.76. The first-order valence-electron chi connectivity index (χ1n) is 6.49. The van der Waals surface area contributed by atoms with Gasteiger partial charge in [0, 0.05) is 15.7 Å². The highest BCUT2D eigenvalue weighted by Crippen LogP contribution is 2.34. The second-order valence-electron chi connectivity index (χ2n) is 4.41. The van der Waals surface area contributed by atoms with Crippen LogP contribution in [0.5, 0.6) is 0 Å². The molecule has 120 valence electrons. The Labute approximate surface area is 146 Å². The number of ether oxygens (including phenoxy) is 2. The normalized spacial score (nSPS) is 13.8. The van der Waals surface area contributed by atoms with E-state index >= 15 is 0 Å². The van der Waals surface area contributed by atoms with Gasteiger partial charge in [0.2, 0.25) is 0 Å². The molecule has 1 aliphatic rings. The maximum atomic E-state index is 12.3. The van der Waals surface area contributed by atoms with Crippen molar-refractivity contribution < 1.29 is 19.1 Å². The van der Waals surface area contributed by atoms with Crippen molar-refractivity contribution in [3.05, 3.63) is 63.4 Å². The molecule has 0 saturated heterocycles. The van der Waals surface area contributed by atoms with E-state index in [2.05, 4.69) is 15.9 Å². The molecular formula is C16H13BrClNO4. The number of allylic oxidation sites excluding steroid dienone is 2. The standard InChI is InChI=1S/C16H13BrClNO4/c1-22-15(20)11-5-3-4-8-19(14(11)16(21)23-2)13-7-6-10(18)9-12(13)17/h3-9H,1-2H3. The van der Waals surface area contributed by atoms with Gasteiger partial charge in [0.05, 0.1) is 25.5 Å². The number of nitrogens with zero attached hydrogens (tertiary/aromatic N) is 1. The first-order chi connectivity index (χ1) is 11.0. The van der Waals surface area contributed by atoms with Gasteiger partial charge in [-0.05, 0) is 46.3 Å². The van der Waals surface area contributed by atoms with E-state index in [0.29, 0.717) is 15.2 Å². The lowest BCUT2D eigenvalue weighted by Gasteiger charge is -2.24. The molecule has 1 aromatic carbocycles. The van der Waals surface area contributed by atoms with Gasteiger partial charge < -0.3 is 14.4 Å². The van der Waals surface area contributed by atoms with Crippen LogP contribution in [0.1, 0.15) is 0 Å². The van der Waals surface area contributed by atoms with Gasteiger partial charge in [-0.25, -0.2) is 9.59 Å². The Morgan fingerprint density at radius 1 is 1.13 bits per heavy atom. The van der Waals surface area contributed by atoms with Crippen molar-refractivity contribution in [2.24, 2.45) is 0 Å². The Bertz CT molecular complexity index is 740. The van der Waals surface area contributed by atoms with E-state index in [9.17, 15) is 9.59 Å². The number of carbonyl (C=O) groups excluding carboxylic acids is 2. The zero-order valence-electron chi connectivity index (χ0n) is 12.4. The SMILES string of the molecule is COC(=O)C1=C(C(=O)OC)N(c2ccc(Cl)cc2Br)C=CC=C1. The highest BCUT2D eigenvalue weighted by atomic mass is 79.9. The lowest BCUT2D eigenvalue weighted by atomic mass is 10.1. The van der Waals surface area contributed by atoms with Crippen LogP contribution in [0.3, 0.4) is 0 Å². The fourth-order valence-corrected chi connectivity index (χ4v) is 2.90. The monoisotopic (exact) mass is 397 g/mol. The van der Waals surface area contributed by atoms with Gasteiger partial charge in [-0.3, -0.25) is 0 Å². The summed E-state index contributed by atoms with van der Waals surface area (Å²) in [6, 6.07) is 5.09. The molecule has 0 N–H and O–H groups in total. The minimum Gasteiger partial charge on any atom is -0.465 e. The summed E-state index contributed by atoms with van der Waals surface area (Å²) in [5, 5.41) is 0.536. The molecule has 0 aliphatic carbocycles. The highest BCUT2D eigenvalue weighted by molar-refractivity contribution is 9.10. The number of esters is 2. The third-order valence-corrected chi connectivity index (χ3v) is 3.93. The number of rotatable bonds is 3. The molecule has 23 heavy (non-hydrogen) atoms. The minimum atomic E-state index is -0.663. The van der Waals surface area contributed by atoms with E-state index in [-0.39, 0.29) is 11.3 Å². The van der Waals surface area contributed by atoms with Crippen molar-refractivity contribution in [1.29, 1.82) is 0 Å². The molecule has 5 nitrogen and oxygen atoms in total. The van der Waals surface area contributed by atoms with Crippen LogP contribution in [0.2, 0.25) is 5.02 Å². The maximum absolute atomic E-state index is 12.3. The third kappa shape index (κ3) is 3.65. The minimum absolute atomic E-state index is 0.0485. The Morgan fingerprint density at radius 3 is 2.43 bits per heavy atom. The number of anilines is 1. The Hall–Kier alpha value is -2.05. The summed E-state index contributed by atoms with van der Waals surface area (Å²) < 4.78 is 10.2. The van der Waals surface area contributed by atoms with Crippen LogP contribution in [-0.2, 0) is 19.1 Å². The molecule has 0 aromatic heterocycles. The van der Waals surface area contributed by atoms with Gasteiger partial charge in [0.25, 0.3) is 0 Å². The van der Waals surface area contributed by atoms with Crippen LogP contribution in [0.15, 0.2) is 58.4 Å². The quantitative estimate of drug-likeness (QED) is 0.728. The Balaban J connectivity index is 2.68. The lowest BCUT2D eigenvalue weighted by Crippen LogP contribution is -2.27. The number of hydrogen-bond donors (Lipinski definition) is 0. The predicted molar refractivity (Wildman–Crippen MR) is 91.0 cm³/mol. The maximum Gasteiger partial charge on any atom is 0.355 e. The van der Waals surface area contributed by atoms with Crippen molar-refractivity contribution in [2.75, 3.05) is 19.1 Å². The number of halogens is 2. The van der Waals surface area contributed by atoms with E-state index in [1.165, 1.54) is 20.3 Å². The zero-order valence-corrected chi connectivity index (χ0v) is 14.7. The molecule has 0 amide bonds. The van der Waals surface area contributed by atoms with Gasteiger partial charge >= 0.3 is 11.9 Å². The second kappa shape index (κ2) is 7.48. The summed E-state index contributed by atoms with van der Waals surface area (Å²) in [5.74, 6) is -1.30. The number of benzene rings is 1. The summed E-state index contributed by atoms with van der Waals surface area (Å²) >= 11 is 9.37. The van der Waals surface area contributed by atoms with Crippen LogP contribution in [0.4, 0.5) is 5.69 Å². The van der Waals surface area contributed by atoms with Crippen LogP contribution in [-0.4, -0.2) is 26.2 Å². The van der Waals surface area contributed by atoms with Crippen molar-refractivity contribution in [2.45, 2.75) is 0 Å². The largest absolute Gasteiger partial charge is 0.465 e. The highest BCUT2D eigenvalue weighted by Gasteiger charge is 2.28. The third-order valence-electron chi connectivity index (χ3n) is 3.06. The van der Waals surface area contributed by atoms with E-state index in [4.69, 9.17) is 21.1 Å². The topological polar surface area (TPSA) is 55.8 Å². The van der Waals surface area contributed by atoms with Crippen molar-refractivity contribution >= 4 is 45.2 Å². The fraction of sp³-hybridized carbons (Fsp3) is 0.125. The molecule has 1 aromatic rings.